The number of carboxylic acid groups (broad SMARTS) is 1. The van der Waals surface area contributed by atoms with Crippen molar-refractivity contribution in [1.29, 1.82) is 0 Å². The van der Waals surface area contributed by atoms with Gasteiger partial charge in [0.05, 0.1) is 6.61 Å². The molecule has 0 saturated carbocycles. The van der Waals surface area contributed by atoms with Gasteiger partial charge in [-0.05, 0) is 0 Å². The van der Waals surface area contributed by atoms with Gasteiger partial charge in [-0.2, -0.15) is 0 Å². The number of carboxylic acids is 1. The molecule has 1 atom stereocenters. The third-order valence-electron chi connectivity index (χ3n) is 2.69. The Labute approximate surface area is 71.7 Å². The molecule has 0 amide bonds. The van der Waals surface area contributed by atoms with Gasteiger partial charge >= 0.3 is 5.97 Å². The topological polar surface area (TPSA) is 72.5 Å². The van der Waals surface area contributed by atoms with Crippen LogP contribution in [0.3, 0.4) is 0 Å². The molecule has 70 valence electrons. The van der Waals surface area contributed by atoms with E-state index in [0.29, 0.717) is 19.6 Å². The van der Waals surface area contributed by atoms with Crippen molar-refractivity contribution in [2.24, 2.45) is 11.1 Å². The molecule has 0 aromatic rings. The summed E-state index contributed by atoms with van der Waals surface area (Å²) in [4.78, 5) is 10.9. The van der Waals surface area contributed by atoms with Crippen molar-refractivity contribution in [2.45, 2.75) is 25.8 Å². The van der Waals surface area contributed by atoms with Gasteiger partial charge in [0, 0.05) is 18.4 Å². The van der Waals surface area contributed by atoms with Crippen molar-refractivity contribution in [1.82, 2.24) is 0 Å². The second-order valence-electron chi connectivity index (χ2n) is 3.96. The lowest BCUT2D eigenvalue weighted by atomic mass is 9.70. The minimum absolute atomic E-state index is 0.384. The summed E-state index contributed by atoms with van der Waals surface area (Å²) in [6.07, 6.45) is 0.384. The van der Waals surface area contributed by atoms with E-state index in [4.69, 9.17) is 15.6 Å². The van der Waals surface area contributed by atoms with E-state index in [1.165, 1.54) is 0 Å². The highest BCUT2D eigenvalue weighted by atomic mass is 16.5. The SMILES string of the molecule is CC1(C)COCCC1(N)C(=O)O. The summed E-state index contributed by atoms with van der Waals surface area (Å²) in [5, 5.41) is 8.95. The molecule has 0 spiro atoms. The van der Waals surface area contributed by atoms with Crippen molar-refractivity contribution in [3.05, 3.63) is 0 Å². The van der Waals surface area contributed by atoms with Crippen LogP contribution in [0.25, 0.3) is 0 Å². The number of ether oxygens (including phenoxy) is 1. The maximum absolute atomic E-state index is 10.9. The van der Waals surface area contributed by atoms with Crippen LogP contribution < -0.4 is 5.73 Å². The van der Waals surface area contributed by atoms with Crippen LogP contribution in [-0.4, -0.2) is 29.8 Å². The molecule has 1 unspecified atom stereocenters. The molecule has 1 aliphatic heterocycles. The summed E-state index contributed by atoms with van der Waals surface area (Å²) in [5.74, 6) is -0.934. The Morgan fingerprint density at radius 3 is 2.50 bits per heavy atom. The van der Waals surface area contributed by atoms with Crippen LogP contribution in [0.1, 0.15) is 20.3 Å². The smallest absolute Gasteiger partial charge is 0.324 e. The first-order valence-electron chi connectivity index (χ1n) is 4.00. The first-order valence-corrected chi connectivity index (χ1v) is 4.00. The number of nitrogens with two attached hydrogens (primary N) is 1. The molecule has 1 rings (SSSR count). The lowest BCUT2D eigenvalue weighted by molar-refractivity contribution is -0.157. The summed E-state index contributed by atoms with van der Waals surface area (Å²) in [6, 6.07) is 0. The first-order chi connectivity index (χ1) is 5.40. The molecule has 0 radical (unpaired) electrons. The summed E-state index contributed by atoms with van der Waals surface area (Å²) in [5.41, 5.74) is 4.18. The predicted molar refractivity (Wildman–Crippen MR) is 43.8 cm³/mol. The van der Waals surface area contributed by atoms with Crippen LogP contribution in [0.15, 0.2) is 0 Å². The minimum Gasteiger partial charge on any atom is -0.480 e. The Bertz CT molecular complexity index is 202. The van der Waals surface area contributed by atoms with Gasteiger partial charge in [-0.25, -0.2) is 0 Å². The summed E-state index contributed by atoms with van der Waals surface area (Å²) < 4.78 is 5.19. The van der Waals surface area contributed by atoms with Gasteiger partial charge < -0.3 is 15.6 Å². The summed E-state index contributed by atoms with van der Waals surface area (Å²) >= 11 is 0. The molecule has 1 saturated heterocycles. The molecular weight excluding hydrogens is 158 g/mol. The zero-order valence-electron chi connectivity index (χ0n) is 7.46. The van der Waals surface area contributed by atoms with Crippen LogP contribution in [0.4, 0.5) is 0 Å². The number of hydrogen-bond donors (Lipinski definition) is 2. The molecule has 1 aliphatic rings. The predicted octanol–water partition coefficient (Wildman–Crippen LogP) is 0.215. The van der Waals surface area contributed by atoms with Crippen LogP contribution >= 0.6 is 0 Å². The Hall–Kier alpha value is -0.610. The molecule has 0 aromatic heterocycles. The largest absolute Gasteiger partial charge is 0.480 e. The minimum atomic E-state index is -1.13. The summed E-state index contributed by atoms with van der Waals surface area (Å²) in [6.45, 7) is 4.49. The number of rotatable bonds is 1. The molecule has 12 heavy (non-hydrogen) atoms. The fourth-order valence-electron chi connectivity index (χ4n) is 1.42. The third-order valence-corrected chi connectivity index (χ3v) is 2.69. The Morgan fingerprint density at radius 2 is 2.17 bits per heavy atom. The normalized spacial score (nSPS) is 34.6. The molecule has 3 N–H and O–H groups in total. The molecule has 0 aromatic carbocycles. The van der Waals surface area contributed by atoms with Gasteiger partial charge in [0.1, 0.15) is 5.54 Å². The highest BCUT2D eigenvalue weighted by Gasteiger charge is 2.50. The van der Waals surface area contributed by atoms with Gasteiger partial charge in [0.25, 0.3) is 0 Å². The Kier molecular flexibility index (Phi) is 2.14. The van der Waals surface area contributed by atoms with Crippen LogP contribution in [0.5, 0.6) is 0 Å². The van der Waals surface area contributed by atoms with E-state index in [-0.39, 0.29) is 0 Å². The van der Waals surface area contributed by atoms with Gasteiger partial charge in [0.2, 0.25) is 0 Å². The van der Waals surface area contributed by atoms with E-state index >= 15 is 0 Å². The van der Waals surface area contributed by atoms with Crippen LogP contribution in [0.2, 0.25) is 0 Å². The van der Waals surface area contributed by atoms with E-state index in [0.717, 1.165) is 0 Å². The van der Waals surface area contributed by atoms with E-state index in [1.54, 1.807) is 0 Å². The maximum atomic E-state index is 10.9. The second-order valence-corrected chi connectivity index (χ2v) is 3.96. The molecule has 0 aliphatic carbocycles. The Balaban J connectivity index is 2.91. The lowest BCUT2D eigenvalue weighted by Crippen LogP contribution is -2.63. The fraction of sp³-hybridized carbons (Fsp3) is 0.875. The maximum Gasteiger partial charge on any atom is 0.324 e. The summed E-state index contributed by atoms with van der Waals surface area (Å²) in [7, 11) is 0. The number of carbonyl (C=O) groups is 1. The highest BCUT2D eigenvalue weighted by molar-refractivity contribution is 5.79. The molecular formula is C8H15NO3. The fourth-order valence-corrected chi connectivity index (χ4v) is 1.42. The van der Waals surface area contributed by atoms with Gasteiger partial charge in [-0.3, -0.25) is 4.79 Å². The zero-order chi connectivity index (χ0) is 9.41. The van der Waals surface area contributed by atoms with E-state index in [9.17, 15) is 4.79 Å². The van der Waals surface area contributed by atoms with Gasteiger partial charge in [0.15, 0.2) is 0 Å². The van der Waals surface area contributed by atoms with Crippen molar-refractivity contribution in [2.75, 3.05) is 13.2 Å². The van der Waals surface area contributed by atoms with Crippen molar-refractivity contribution in [3.63, 3.8) is 0 Å². The van der Waals surface area contributed by atoms with Crippen molar-refractivity contribution in [3.8, 4) is 0 Å². The Morgan fingerprint density at radius 1 is 1.58 bits per heavy atom. The molecule has 4 nitrogen and oxygen atoms in total. The molecule has 1 fully saturated rings. The van der Waals surface area contributed by atoms with Gasteiger partial charge in [-0.15, -0.1) is 0 Å². The molecule has 1 heterocycles. The zero-order valence-corrected chi connectivity index (χ0v) is 7.46. The van der Waals surface area contributed by atoms with E-state index in [2.05, 4.69) is 0 Å². The number of aliphatic carboxylic acids is 1. The van der Waals surface area contributed by atoms with Crippen LogP contribution in [-0.2, 0) is 9.53 Å². The standard InChI is InChI=1S/C8H15NO3/c1-7(2)5-12-4-3-8(7,9)6(10)11/h3-5,9H2,1-2H3,(H,10,11). The average Bonchev–Trinajstić information content (AvgIpc) is 1.95. The van der Waals surface area contributed by atoms with Crippen LogP contribution in [0, 0.1) is 5.41 Å². The van der Waals surface area contributed by atoms with E-state index < -0.39 is 16.9 Å². The molecule has 4 heteroatoms. The average molecular weight is 173 g/mol. The monoisotopic (exact) mass is 173 g/mol. The number of hydrogen-bond acceptors (Lipinski definition) is 3. The van der Waals surface area contributed by atoms with E-state index in [1.807, 2.05) is 13.8 Å². The van der Waals surface area contributed by atoms with Gasteiger partial charge in [-0.1, -0.05) is 13.8 Å². The lowest BCUT2D eigenvalue weighted by Gasteiger charge is -2.43. The van der Waals surface area contributed by atoms with Crippen molar-refractivity contribution >= 4 is 5.97 Å². The quantitative estimate of drug-likeness (QED) is 0.594. The first kappa shape index (κ1) is 9.48. The third kappa shape index (κ3) is 1.21. The van der Waals surface area contributed by atoms with Crippen molar-refractivity contribution < 1.29 is 14.6 Å². The molecule has 0 bridgehead atoms. The second kappa shape index (κ2) is 2.71. The highest BCUT2D eigenvalue weighted by Crippen LogP contribution is 2.35.